The Labute approximate surface area is 248 Å². The number of ether oxygens (including phenoxy) is 1. The van der Waals surface area contributed by atoms with Crippen molar-refractivity contribution in [1.29, 1.82) is 0 Å². The number of methoxy groups -OCH3 is 1. The quantitative estimate of drug-likeness (QED) is 0.283. The topological polar surface area (TPSA) is 96.0 Å². The molecule has 220 valence electrons. The predicted molar refractivity (Wildman–Crippen MR) is 163 cm³/mol. The summed E-state index contributed by atoms with van der Waals surface area (Å²) < 4.78 is 34.5. The van der Waals surface area contributed by atoms with E-state index in [1.54, 1.807) is 30.3 Å². The molecule has 10 heteroatoms. The van der Waals surface area contributed by atoms with Crippen LogP contribution < -0.4 is 14.4 Å². The number of carbonyl (C=O) groups is 2. The zero-order valence-electron chi connectivity index (χ0n) is 24.1. The summed E-state index contributed by atoms with van der Waals surface area (Å²) in [4.78, 5) is 29.0. The van der Waals surface area contributed by atoms with E-state index in [4.69, 9.17) is 16.3 Å². The number of anilines is 1. The minimum absolute atomic E-state index is 0.00185. The lowest BCUT2D eigenvalue weighted by Crippen LogP contribution is -2.52. The van der Waals surface area contributed by atoms with Crippen molar-refractivity contribution in [2.24, 2.45) is 5.92 Å². The third kappa shape index (κ3) is 8.01. The van der Waals surface area contributed by atoms with Gasteiger partial charge in [-0.15, -0.1) is 0 Å². The molecule has 0 saturated carbocycles. The Morgan fingerprint density at radius 3 is 2.27 bits per heavy atom. The van der Waals surface area contributed by atoms with E-state index in [0.717, 1.165) is 15.4 Å². The minimum Gasteiger partial charge on any atom is -0.495 e. The second-order valence-electron chi connectivity index (χ2n) is 10.2. The smallest absolute Gasteiger partial charge is 0.264 e. The Morgan fingerprint density at radius 2 is 1.66 bits per heavy atom. The molecule has 0 unspecified atom stereocenters. The molecule has 8 nitrogen and oxygen atoms in total. The standard InChI is InChI=1S/C31H38ClN3O5S/c1-6-27(31(37)33-19-22(2)3)34(20-24-13-11-10-12-23(24)4)30(36)21-35(28-18-25(32)16-17-29(28)40-5)41(38,39)26-14-8-7-9-15-26/h7-18,22,27H,6,19-21H2,1-5H3,(H,33,37)/t27-/m0/s1. The van der Waals surface area contributed by atoms with Crippen LogP contribution in [0.2, 0.25) is 5.02 Å². The third-order valence-corrected chi connectivity index (χ3v) is 8.70. The van der Waals surface area contributed by atoms with Crippen LogP contribution >= 0.6 is 11.6 Å². The Kier molecular flexibility index (Phi) is 11.2. The summed E-state index contributed by atoms with van der Waals surface area (Å²) in [5.41, 5.74) is 1.92. The molecular formula is C31H38ClN3O5S. The number of hydrogen-bond acceptors (Lipinski definition) is 5. The Bertz CT molecular complexity index is 1450. The van der Waals surface area contributed by atoms with Crippen molar-refractivity contribution in [3.63, 3.8) is 0 Å². The van der Waals surface area contributed by atoms with Crippen molar-refractivity contribution in [3.8, 4) is 5.75 Å². The van der Waals surface area contributed by atoms with Crippen molar-refractivity contribution < 1.29 is 22.7 Å². The predicted octanol–water partition coefficient (Wildman–Crippen LogP) is 5.43. The Hall–Kier alpha value is -3.56. The number of nitrogens with zero attached hydrogens (tertiary/aromatic N) is 2. The van der Waals surface area contributed by atoms with Gasteiger partial charge in [-0.2, -0.15) is 0 Å². The molecule has 0 saturated heterocycles. The molecule has 0 aromatic heterocycles. The molecule has 0 radical (unpaired) electrons. The number of amides is 2. The van der Waals surface area contributed by atoms with Gasteiger partial charge in [-0.1, -0.05) is 74.8 Å². The van der Waals surface area contributed by atoms with Gasteiger partial charge in [-0.25, -0.2) is 8.42 Å². The van der Waals surface area contributed by atoms with Gasteiger partial charge in [0.05, 0.1) is 17.7 Å². The van der Waals surface area contributed by atoms with E-state index in [2.05, 4.69) is 5.32 Å². The first-order chi connectivity index (χ1) is 19.5. The van der Waals surface area contributed by atoms with Crippen LogP contribution in [0.3, 0.4) is 0 Å². The lowest BCUT2D eigenvalue weighted by molar-refractivity contribution is -0.140. The van der Waals surface area contributed by atoms with Crippen LogP contribution in [-0.4, -0.2) is 51.4 Å². The fourth-order valence-corrected chi connectivity index (χ4v) is 6.01. The minimum atomic E-state index is -4.24. The van der Waals surface area contributed by atoms with Gasteiger partial charge in [0.15, 0.2) is 0 Å². The van der Waals surface area contributed by atoms with E-state index in [0.29, 0.717) is 13.0 Å². The largest absolute Gasteiger partial charge is 0.495 e. The highest BCUT2D eigenvalue weighted by Gasteiger charge is 2.35. The molecule has 0 aliphatic carbocycles. The third-order valence-electron chi connectivity index (χ3n) is 6.69. The van der Waals surface area contributed by atoms with Crippen LogP contribution in [0, 0.1) is 12.8 Å². The molecule has 0 spiro atoms. The molecule has 0 aliphatic heterocycles. The molecular weight excluding hydrogens is 562 g/mol. The Morgan fingerprint density at radius 1 is 1.00 bits per heavy atom. The first-order valence-corrected chi connectivity index (χ1v) is 15.3. The summed E-state index contributed by atoms with van der Waals surface area (Å²) >= 11 is 6.29. The number of rotatable bonds is 13. The highest BCUT2D eigenvalue weighted by Crippen LogP contribution is 2.35. The maximum absolute atomic E-state index is 14.2. The number of hydrogen-bond donors (Lipinski definition) is 1. The van der Waals surface area contributed by atoms with Crippen molar-refractivity contribution in [2.75, 3.05) is 24.5 Å². The maximum atomic E-state index is 14.2. The number of nitrogens with one attached hydrogen (secondary N) is 1. The second kappa shape index (κ2) is 14.4. The molecule has 3 rings (SSSR count). The summed E-state index contributed by atoms with van der Waals surface area (Å²) in [5, 5.41) is 3.21. The molecule has 3 aromatic carbocycles. The lowest BCUT2D eigenvalue weighted by atomic mass is 10.1. The van der Waals surface area contributed by atoms with Crippen molar-refractivity contribution >= 4 is 39.1 Å². The normalized spacial score (nSPS) is 12.1. The summed E-state index contributed by atoms with van der Waals surface area (Å²) in [7, 11) is -2.83. The van der Waals surface area contributed by atoms with E-state index in [1.807, 2.05) is 52.0 Å². The van der Waals surface area contributed by atoms with Gasteiger partial charge in [0.2, 0.25) is 11.8 Å². The van der Waals surface area contributed by atoms with Crippen molar-refractivity contribution in [3.05, 3.63) is 88.9 Å². The lowest BCUT2D eigenvalue weighted by Gasteiger charge is -2.34. The zero-order chi connectivity index (χ0) is 30.2. The van der Waals surface area contributed by atoms with Crippen LogP contribution in [0.15, 0.2) is 77.7 Å². The van der Waals surface area contributed by atoms with Gasteiger partial charge in [-0.3, -0.25) is 13.9 Å². The van der Waals surface area contributed by atoms with Gasteiger partial charge < -0.3 is 15.0 Å². The molecule has 0 bridgehead atoms. The highest BCUT2D eigenvalue weighted by molar-refractivity contribution is 7.92. The fraction of sp³-hybridized carbons (Fsp3) is 0.355. The number of aryl methyl sites for hydroxylation is 1. The number of carbonyl (C=O) groups excluding carboxylic acids is 2. The van der Waals surface area contributed by atoms with E-state index in [1.165, 1.54) is 30.2 Å². The van der Waals surface area contributed by atoms with E-state index >= 15 is 0 Å². The van der Waals surface area contributed by atoms with Gasteiger partial charge in [0.1, 0.15) is 18.3 Å². The highest BCUT2D eigenvalue weighted by atomic mass is 35.5. The number of sulfonamides is 1. The number of benzene rings is 3. The molecule has 1 N–H and O–H groups in total. The summed E-state index contributed by atoms with van der Waals surface area (Å²) in [5.74, 6) is -0.380. The van der Waals surface area contributed by atoms with Crippen LogP contribution in [-0.2, 0) is 26.2 Å². The molecule has 0 fully saturated rings. The molecule has 3 aromatic rings. The molecule has 2 amide bonds. The van der Waals surface area contributed by atoms with Gasteiger partial charge in [0.25, 0.3) is 10.0 Å². The zero-order valence-corrected chi connectivity index (χ0v) is 25.7. The van der Waals surface area contributed by atoms with E-state index in [9.17, 15) is 18.0 Å². The monoisotopic (exact) mass is 599 g/mol. The van der Waals surface area contributed by atoms with E-state index < -0.39 is 28.5 Å². The van der Waals surface area contributed by atoms with Crippen LogP contribution in [0.25, 0.3) is 0 Å². The van der Waals surface area contributed by atoms with Crippen LogP contribution in [0.5, 0.6) is 5.75 Å². The van der Waals surface area contributed by atoms with Crippen molar-refractivity contribution in [2.45, 2.75) is 51.6 Å². The summed E-state index contributed by atoms with van der Waals surface area (Å²) in [6, 6.07) is 19.2. The van der Waals surface area contributed by atoms with Crippen LogP contribution in [0.4, 0.5) is 5.69 Å². The SMILES string of the molecule is CC[C@@H](C(=O)NCC(C)C)N(Cc1ccccc1C)C(=O)CN(c1cc(Cl)ccc1OC)S(=O)(=O)c1ccccc1. The molecule has 41 heavy (non-hydrogen) atoms. The van der Waals surface area contributed by atoms with Gasteiger partial charge >= 0.3 is 0 Å². The molecule has 1 atom stereocenters. The fourth-order valence-electron chi connectivity index (χ4n) is 4.40. The van der Waals surface area contributed by atoms with Crippen molar-refractivity contribution in [1.82, 2.24) is 10.2 Å². The first-order valence-electron chi connectivity index (χ1n) is 13.5. The maximum Gasteiger partial charge on any atom is 0.264 e. The van der Waals surface area contributed by atoms with Crippen LogP contribution in [0.1, 0.15) is 38.3 Å². The molecule has 0 aliphatic rings. The second-order valence-corrected chi connectivity index (χ2v) is 12.5. The summed E-state index contributed by atoms with van der Waals surface area (Å²) in [6.45, 7) is 7.75. The van der Waals surface area contributed by atoms with Gasteiger partial charge in [-0.05, 0) is 60.7 Å². The number of halogens is 1. The van der Waals surface area contributed by atoms with Gasteiger partial charge in [0, 0.05) is 18.1 Å². The molecule has 0 heterocycles. The van der Waals surface area contributed by atoms with E-state index in [-0.39, 0.29) is 39.7 Å². The first kappa shape index (κ1) is 32.0. The average molecular weight is 600 g/mol. The Balaban J connectivity index is 2.11. The average Bonchev–Trinajstić information content (AvgIpc) is 2.95. The summed E-state index contributed by atoms with van der Waals surface area (Å²) in [6.07, 6.45) is 0.341.